The van der Waals surface area contributed by atoms with Gasteiger partial charge in [0.15, 0.2) is 6.61 Å². The number of ether oxygens (including phenoxy) is 1. The van der Waals surface area contributed by atoms with Gasteiger partial charge in [-0.2, -0.15) is 5.10 Å². The van der Waals surface area contributed by atoms with Gasteiger partial charge in [-0.1, -0.05) is 41.9 Å². The smallest absolute Gasteiger partial charge is 0.259 e. The van der Waals surface area contributed by atoms with Crippen LogP contribution in [0.4, 0.5) is 0 Å². The number of carbonyl (C=O) groups excluding carboxylic acids is 2. The number of amides is 2. The zero-order valence-electron chi connectivity index (χ0n) is 16.8. The van der Waals surface area contributed by atoms with E-state index in [4.69, 9.17) is 16.3 Å². The van der Waals surface area contributed by atoms with Crippen LogP contribution in [0.25, 0.3) is 10.9 Å². The van der Waals surface area contributed by atoms with E-state index in [1.165, 1.54) is 0 Å². The number of nitrogens with zero attached hydrogens (tertiary/aromatic N) is 2. The molecule has 2 amide bonds. The molecule has 0 atom stereocenters. The van der Waals surface area contributed by atoms with E-state index in [1.807, 2.05) is 30.5 Å². The number of hydrogen-bond donors (Lipinski definition) is 2. The third kappa shape index (κ3) is 5.39. The topological polar surface area (TPSA) is 84.7 Å². The van der Waals surface area contributed by atoms with Gasteiger partial charge in [0.1, 0.15) is 5.75 Å². The molecule has 2 aromatic carbocycles. The number of aromatic nitrogens is 1. The number of rotatable bonds is 8. The number of nitrogens with one attached hydrogen (secondary N) is 2. The standard InChI is InChI=1S/C22H23ClN4O3/c1-15(2)27-13-16(17-7-3-5-9-19(17)27)11-25-26-21(28)12-24-22(29)14-30-20-10-6-4-8-18(20)23/h3-11,13,15H,12,14H2,1-2H3,(H,24,29)(H,26,28)/b25-11-. The first-order chi connectivity index (χ1) is 14.5. The molecule has 0 saturated carbocycles. The highest BCUT2D eigenvalue weighted by Crippen LogP contribution is 2.24. The Balaban J connectivity index is 1.49. The lowest BCUT2D eigenvalue weighted by Gasteiger charge is -2.08. The van der Waals surface area contributed by atoms with E-state index in [2.05, 4.69) is 34.3 Å². The number of hydrazone groups is 1. The Morgan fingerprint density at radius 2 is 1.87 bits per heavy atom. The summed E-state index contributed by atoms with van der Waals surface area (Å²) in [6.07, 6.45) is 3.60. The molecule has 0 saturated heterocycles. The van der Waals surface area contributed by atoms with Crippen LogP contribution in [-0.4, -0.2) is 35.7 Å². The summed E-state index contributed by atoms with van der Waals surface area (Å²) in [5, 5.41) is 7.95. The molecule has 30 heavy (non-hydrogen) atoms. The summed E-state index contributed by atoms with van der Waals surface area (Å²) < 4.78 is 7.48. The molecule has 156 valence electrons. The van der Waals surface area contributed by atoms with Gasteiger partial charge in [0, 0.05) is 28.7 Å². The molecule has 2 N–H and O–H groups in total. The quantitative estimate of drug-likeness (QED) is 0.427. The van der Waals surface area contributed by atoms with Crippen LogP contribution < -0.4 is 15.5 Å². The van der Waals surface area contributed by atoms with Gasteiger partial charge >= 0.3 is 0 Å². The van der Waals surface area contributed by atoms with Gasteiger partial charge in [0.25, 0.3) is 11.8 Å². The van der Waals surface area contributed by atoms with Crippen molar-refractivity contribution < 1.29 is 14.3 Å². The average Bonchev–Trinajstić information content (AvgIpc) is 3.11. The molecule has 8 heteroatoms. The van der Waals surface area contributed by atoms with Crippen LogP contribution in [0.3, 0.4) is 0 Å². The molecule has 0 fully saturated rings. The molecule has 1 heterocycles. The van der Waals surface area contributed by atoms with Crippen LogP contribution >= 0.6 is 11.6 Å². The number of carbonyl (C=O) groups is 2. The molecular weight excluding hydrogens is 404 g/mol. The molecular formula is C22H23ClN4O3. The zero-order chi connectivity index (χ0) is 21.5. The van der Waals surface area contributed by atoms with Crippen LogP contribution in [-0.2, 0) is 9.59 Å². The number of fused-ring (bicyclic) bond motifs is 1. The molecule has 0 aliphatic carbocycles. The van der Waals surface area contributed by atoms with Gasteiger partial charge in [-0.3, -0.25) is 9.59 Å². The lowest BCUT2D eigenvalue weighted by molar-refractivity contribution is -0.127. The minimum atomic E-state index is -0.440. The molecule has 0 aliphatic rings. The van der Waals surface area contributed by atoms with Crippen molar-refractivity contribution in [1.29, 1.82) is 0 Å². The third-order valence-electron chi connectivity index (χ3n) is 4.36. The van der Waals surface area contributed by atoms with E-state index >= 15 is 0 Å². The maximum atomic E-state index is 11.9. The van der Waals surface area contributed by atoms with Gasteiger partial charge in [0.05, 0.1) is 17.8 Å². The molecule has 3 aromatic rings. The van der Waals surface area contributed by atoms with Crippen molar-refractivity contribution in [3.63, 3.8) is 0 Å². The summed E-state index contributed by atoms with van der Waals surface area (Å²) in [6.45, 7) is 3.76. The van der Waals surface area contributed by atoms with Gasteiger partial charge < -0.3 is 14.6 Å². The summed E-state index contributed by atoms with van der Waals surface area (Å²) in [5.41, 5.74) is 4.42. The van der Waals surface area contributed by atoms with Gasteiger partial charge in [-0.05, 0) is 32.0 Å². The van der Waals surface area contributed by atoms with Crippen molar-refractivity contribution in [2.75, 3.05) is 13.2 Å². The highest BCUT2D eigenvalue weighted by Gasteiger charge is 2.09. The predicted molar refractivity (Wildman–Crippen MR) is 118 cm³/mol. The van der Waals surface area contributed by atoms with Crippen molar-refractivity contribution in [2.45, 2.75) is 19.9 Å². The minimum absolute atomic E-state index is 0.212. The highest BCUT2D eigenvalue weighted by molar-refractivity contribution is 6.32. The van der Waals surface area contributed by atoms with E-state index in [0.717, 1.165) is 16.5 Å². The van der Waals surface area contributed by atoms with Crippen molar-refractivity contribution in [3.8, 4) is 5.75 Å². The molecule has 3 rings (SSSR count). The van der Waals surface area contributed by atoms with E-state index in [0.29, 0.717) is 16.8 Å². The Hall–Kier alpha value is -3.32. The lowest BCUT2D eigenvalue weighted by atomic mass is 10.2. The summed E-state index contributed by atoms with van der Waals surface area (Å²) in [5.74, 6) is -0.470. The van der Waals surface area contributed by atoms with Crippen molar-refractivity contribution in [3.05, 3.63) is 65.3 Å². The Morgan fingerprint density at radius 3 is 2.63 bits per heavy atom. The first kappa shape index (κ1) is 21.4. The summed E-state index contributed by atoms with van der Waals surface area (Å²) in [6, 6.07) is 15.2. The second-order valence-corrected chi connectivity index (χ2v) is 7.30. The third-order valence-corrected chi connectivity index (χ3v) is 4.67. The monoisotopic (exact) mass is 426 g/mol. The Morgan fingerprint density at radius 1 is 1.13 bits per heavy atom. The second kappa shape index (κ2) is 9.93. The summed E-state index contributed by atoms with van der Waals surface area (Å²) in [4.78, 5) is 23.8. The van der Waals surface area contributed by atoms with Crippen molar-refractivity contribution >= 4 is 40.5 Å². The fourth-order valence-corrected chi connectivity index (χ4v) is 3.10. The summed E-state index contributed by atoms with van der Waals surface area (Å²) >= 11 is 5.96. The van der Waals surface area contributed by atoms with Crippen LogP contribution in [0.15, 0.2) is 59.8 Å². The number of para-hydroxylation sites is 2. The van der Waals surface area contributed by atoms with Gasteiger partial charge in [-0.25, -0.2) is 5.43 Å². The second-order valence-electron chi connectivity index (χ2n) is 6.89. The van der Waals surface area contributed by atoms with Crippen LogP contribution in [0.1, 0.15) is 25.5 Å². The largest absolute Gasteiger partial charge is 0.482 e. The maximum absolute atomic E-state index is 11.9. The maximum Gasteiger partial charge on any atom is 0.259 e. The first-order valence-electron chi connectivity index (χ1n) is 9.51. The van der Waals surface area contributed by atoms with Gasteiger partial charge in [0.2, 0.25) is 0 Å². The molecule has 7 nitrogen and oxygen atoms in total. The summed E-state index contributed by atoms with van der Waals surface area (Å²) in [7, 11) is 0. The van der Waals surface area contributed by atoms with Crippen molar-refractivity contribution in [1.82, 2.24) is 15.3 Å². The molecule has 1 aromatic heterocycles. The Labute approximate surface area is 179 Å². The number of hydrogen-bond acceptors (Lipinski definition) is 4. The fourth-order valence-electron chi connectivity index (χ4n) is 2.91. The van der Waals surface area contributed by atoms with E-state index < -0.39 is 11.8 Å². The molecule has 0 spiro atoms. The van der Waals surface area contributed by atoms with Crippen LogP contribution in [0, 0.1) is 0 Å². The van der Waals surface area contributed by atoms with Crippen LogP contribution in [0.5, 0.6) is 5.75 Å². The highest BCUT2D eigenvalue weighted by atomic mass is 35.5. The SMILES string of the molecule is CC(C)n1cc(/C=N\NC(=O)CNC(=O)COc2ccccc2Cl)c2ccccc21. The number of benzene rings is 2. The van der Waals surface area contributed by atoms with E-state index in [1.54, 1.807) is 30.5 Å². The molecule has 0 bridgehead atoms. The van der Waals surface area contributed by atoms with Crippen molar-refractivity contribution in [2.24, 2.45) is 5.10 Å². The van der Waals surface area contributed by atoms with E-state index in [9.17, 15) is 9.59 Å². The molecule has 0 unspecified atom stereocenters. The number of halogens is 1. The molecule has 0 radical (unpaired) electrons. The first-order valence-corrected chi connectivity index (χ1v) is 9.89. The lowest BCUT2D eigenvalue weighted by Crippen LogP contribution is -2.37. The Kier molecular flexibility index (Phi) is 7.08. The van der Waals surface area contributed by atoms with Gasteiger partial charge in [-0.15, -0.1) is 0 Å². The normalized spacial score (nSPS) is 11.2. The van der Waals surface area contributed by atoms with E-state index in [-0.39, 0.29) is 13.2 Å². The minimum Gasteiger partial charge on any atom is -0.482 e. The Bertz CT molecular complexity index is 1080. The fraction of sp³-hybridized carbons (Fsp3) is 0.227. The molecule has 0 aliphatic heterocycles. The average molecular weight is 427 g/mol. The predicted octanol–water partition coefficient (Wildman–Crippen LogP) is 3.52. The zero-order valence-corrected chi connectivity index (χ0v) is 17.5. The van der Waals surface area contributed by atoms with Crippen LogP contribution in [0.2, 0.25) is 5.02 Å².